The lowest BCUT2D eigenvalue weighted by Crippen LogP contribution is -2.31. The molecule has 0 radical (unpaired) electrons. The molecule has 0 unspecified atom stereocenters. The molecule has 0 N–H and O–H groups in total. The molecule has 1 amide bonds. The molecular formula is C16H23NO3. The maximum Gasteiger partial charge on any atom is 0.254 e. The maximum absolute atomic E-state index is 12.6. The van der Waals surface area contributed by atoms with E-state index >= 15 is 0 Å². The summed E-state index contributed by atoms with van der Waals surface area (Å²) < 4.78 is 10.6. The average Bonchev–Trinajstić information content (AvgIpc) is 2.48. The van der Waals surface area contributed by atoms with Crippen molar-refractivity contribution in [2.24, 2.45) is 0 Å². The lowest BCUT2D eigenvalue weighted by molar-refractivity contribution is 0.0771. The molecule has 20 heavy (non-hydrogen) atoms. The van der Waals surface area contributed by atoms with Crippen molar-refractivity contribution in [2.45, 2.75) is 20.3 Å². The first-order chi connectivity index (χ1) is 9.62. The van der Waals surface area contributed by atoms with Gasteiger partial charge in [0.2, 0.25) is 0 Å². The molecule has 110 valence electrons. The highest BCUT2D eigenvalue weighted by atomic mass is 16.5. The Morgan fingerprint density at radius 1 is 1.25 bits per heavy atom. The average molecular weight is 277 g/mol. The number of ether oxygens (including phenoxy) is 2. The molecule has 1 aromatic carbocycles. The Labute approximate surface area is 121 Å². The second kappa shape index (κ2) is 7.58. The van der Waals surface area contributed by atoms with Gasteiger partial charge in [0.1, 0.15) is 11.5 Å². The van der Waals surface area contributed by atoms with E-state index in [1.54, 1.807) is 37.3 Å². The number of carbonyl (C=O) groups is 1. The third kappa shape index (κ3) is 3.32. The molecule has 0 fully saturated rings. The van der Waals surface area contributed by atoms with Crippen LogP contribution in [0.5, 0.6) is 11.5 Å². The van der Waals surface area contributed by atoms with E-state index in [2.05, 4.69) is 6.58 Å². The largest absolute Gasteiger partial charge is 0.497 e. The van der Waals surface area contributed by atoms with E-state index in [-0.39, 0.29) is 5.91 Å². The molecule has 0 heterocycles. The van der Waals surface area contributed by atoms with Crippen molar-refractivity contribution in [1.29, 1.82) is 0 Å². The van der Waals surface area contributed by atoms with E-state index in [9.17, 15) is 4.79 Å². The second-order valence-corrected chi connectivity index (χ2v) is 4.33. The predicted molar refractivity (Wildman–Crippen MR) is 80.7 cm³/mol. The SMILES string of the molecule is C=CCc1c(OC)cc(OC)cc1C(=O)N(CC)CC. The number of allylic oxidation sites excluding steroid dienone is 1. The molecule has 1 rings (SSSR count). The number of hydrogen-bond donors (Lipinski definition) is 0. The molecule has 0 spiro atoms. The normalized spacial score (nSPS) is 10.0. The van der Waals surface area contributed by atoms with E-state index in [0.717, 1.165) is 5.56 Å². The molecule has 0 atom stereocenters. The van der Waals surface area contributed by atoms with Crippen LogP contribution in [0, 0.1) is 0 Å². The Balaban J connectivity index is 3.39. The molecule has 0 bridgehead atoms. The second-order valence-electron chi connectivity index (χ2n) is 4.33. The number of carbonyl (C=O) groups excluding carboxylic acids is 1. The minimum Gasteiger partial charge on any atom is -0.497 e. The molecule has 0 aliphatic rings. The van der Waals surface area contributed by atoms with Gasteiger partial charge in [0.05, 0.1) is 19.8 Å². The van der Waals surface area contributed by atoms with E-state index in [4.69, 9.17) is 9.47 Å². The van der Waals surface area contributed by atoms with Gasteiger partial charge in [-0.25, -0.2) is 0 Å². The van der Waals surface area contributed by atoms with Crippen LogP contribution in [-0.2, 0) is 6.42 Å². The standard InChI is InChI=1S/C16H23NO3/c1-6-9-13-14(16(18)17(7-2)8-3)10-12(19-4)11-15(13)20-5/h6,10-11H,1,7-9H2,2-5H3. The van der Waals surface area contributed by atoms with Gasteiger partial charge in [-0.15, -0.1) is 6.58 Å². The lowest BCUT2D eigenvalue weighted by atomic mass is 10.0. The van der Waals surface area contributed by atoms with Crippen LogP contribution in [0.15, 0.2) is 24.8 Å². The third-order valence-corrected chi connectivity index (χ3v) is 3.27. The summed E-state index contributed by atoms with van der Waals surface area (Å²) in [4.78, 5) is 14.4. The fourth-order valence-electron chi connectivity index (χ4n) is 2.15. The Morgan fingerprint density at radius 2 is 1.90 bits per heavy atom. The van der Waals surface area contributed by atoms with E-state index in [0.29, 0.717) is 36.6 Å². The zero-order chi connectivity index (χ0) is 15.1. The van der Waals surface area contributed by atoms with E-state index in [1.807, 2.05) is 13.8 Å². The summed E-state index contributed by atoms with van der Waals surface area (Å²) in [5.74, 6) is 1.26. The summed E-state index contributed by atoms with van der Waals surface area (Å²) >= 11 is 0. The minimum atomic E-state index is -0.0101. The van der Waals surface area contributed by atoms with Crippen LogP contribution in [0.25, 0.3) is 0 Å². The Hall–Kier alpha value is -1.97. The summed E-state index contributed by atoms with van der Waals surface area (Å²) in [6.07, 6.45) is 2.35. The Bertz CT molecular complexity index is 479. The summed E-state index contributed by atoms with van der Waals surface area (Å²) in [6.45, 7) is 9.01. The number of amides is 1. The highest BCUT2D eigenvalue weighted by Gasteiger charge is 2.20. The van der Waals surface area contributed by atoms with Crippen molar-refractivity contribution in [3.8, 4) is 11.5 Å². The Kier molecular flexibility index (Phi) is 6.10. The summed E-state index contributed by atoms with van der Waals surface area (Å²) in [5.41, 5.74) is 1.46. The van der Waals surface area contributed by atoms with Gasteiger partial charge in [0.15, 0.2) is 0 Å². The molecular weight excluding hydrogens is 254 g/mol. The van der Waals surface area contributed by atoms with Gasteiger partial charge < -0.3 is 14.4 Å². The van der Waals surface area contributed by atoms with Crippen molar-refractivity contribution in [2.75, 3.05) is 27.3 Å². The molecule has 0 aliphatic heterocycles. The molecule has 4 nitrogen and oxygen atoms in total. The molecule has 4 heteroatoms. The van der Waals surface area contributed by atoms with Crippen molar-refractivity contribution in [3.05, 3.63) is 35.9 Å². The van der Waals surface area contributed by atoms with Crippen LogP contribution < -0.4 is 9.47 Å². The van der Waals surface area contributed by atoms with Crippen LogP contribution in [0.2, 0.25) is 0 Å². The summed E-state index contributed by atoms with van der Waals surface area (Å²) in [5, 5.41) is 0. The lowest BCUT2D eigenvalue weighted by Gasteiger charge is -2.22. The van der Waals surface area contributed by atoms with Crippen molar-refractivity contribution in [1.82, 2.24) is 4.90 Å². The predicted octanol–water partition coefficient (Wildman–Crippen LogP) is 2.91. The van der Waals surface area contributed by atoms with Gasteiger partial charge in [0, 0.05) is 24.7 Å². The summed E-state index contributed by atoms with van der Waals surface area (Å²) in [6, 6.07) is 3.56. The summed E-state index contributed by atoms with van der Waals surface area (Å²) in [7, 11) is 3.17. The Morgan fingerprint density at radius 3 is 2.35 bits per heavy atom. The molecule has 0 aromatic heterocycles. The van der Waals surface area contributed by atoms with Crippen molar-refractivity contribution >= 4 is 5.91 Å². The van der Waals surface area contributed by atoms with Gasteiger partial charge >= 0.3 is 0 Å². The fraction of sp³-hybridized carbons (Fsp3) is 0.438. The maximum atomic E-state index is 12.6. The van der Waals surface area contributed by atoms with Gasteiger partial charge in [-0.2, -0.15) is 0 Å². The first kappa shape index (κ1) is 16.1. The zero-order valence-electron chi connectivity index (χ0n) is 12.7. The van der Waals surface area contributed by atoms with Gasteiger partial charge in [-0.3, -0.25) is 4.79 Å². The molecule has 0 saturated carbocycles. The number of nitrogens with zero attached hydrogens (tertiary/aromatic N) is 1. The quantitative estimate of drug-likeness (QED) is 0.719. The van der Waals surface area contributed by atoms with Crippen LogP contribution in [0.3, 0.4) is 0 Å². The molecule has 0 saturated heterocycles. The minimum absolute atomic E-state index is 0.0101. The van der Waals surface area contributed by atoms with Crippen molar-refractivity contribution in [3.63, 3.8) is 0 Å². The number of methoxy groups -OCH3 is 2. The highest BCUT2D eigenvalue weighted by Crippen LogP contribution is 2.30. The van der Waals surface area contributed by atoms with Gasteiger partial charge in [0.25, 0.3) is 5.91 Å². The molecule has 1 aromatic rings. The van der Waals surface area contributed by atoms with Crippen LogP contribution >= 0.6 is 0 Å². The third-order valence-electron chi connectivity index (χ3n) is 3.27. The van der Waals surface area contributed by atoms with Gasteiger partial charge in [-0.1, -0.05) is 6.08 Å². The molecule has 0 aliphatic carbocycles. The fourth-order valence-corrected chi connectivity index (χ4v) is 2.15. The smallest absolute Gasteiger partial charge is 0.254 e. The first-order valence-electron chi connectivity index (χ1n) is 6.77. The number of hydrogen-bond acceptors (Lipinski definition) is 3. The highest BCUT2D eigenvalue weighted by molar-refractivity contribution is 5.97. The van der Waals surface area contributed by atoms with E-state index < -0.39 is 0 Å². The topological polar surface area (TPSA) is 38.8 Å². The van der Waals surface area contributed by atoms with Crippen LogP contribution in [-0.4, -0.2) is 38.1 Å². The van der Waals surface area contributed by atoms with Crippen LogP contribution in [0.1, 0.15) is 29.8 Å². The monoisotopic (exact) mass is 277 g/mol. The van der Waals surface area contributed by atoms with Crippen LogP contribution in [0.4, 0.5) is 0 Å². The zero-order valence-corrected chi connectivity index (χ0v) is 12.7. The van der Waals surface area contributed by atoms with Crippen molar-refractivity contribution < 1.29 is 14.3 Å². The number of rotatable bonds is 7. The number of benzene rings is 1. The van der Waals surface area contributed by atoms with E-state index in [1.165, 1.54) is 0 Å². The van der Waals surface area contributed by atoms with Gasteiger partial charge in [-0.05, 0) is 26.3 Å². The first-order valence-corrected chi connectivity index (χ1v) is 6.77.